The maximum absolute atomic E-state index is 11.8. The summed E-state index contributed by atoms with van der Waals surface area (Å²) in [5, 5.41) is 6.44. The topological polar surface area (TPSA) is 58.1 Å². The van der Waals surface area contributed by atoms with E-state index in [1.807, 2.05) is 35.2 Å². The summed E-state index contributed by atoms with van der Waals surface area (Å²) in [6, 6.07) is 14.1. The van der Waals surface area contributed by atoms with Crippen LogP contribution in [0.2, 0.25) is 0 Å². The molecular weight excluding hydrogens is 344 g/mol. The van der Waals surface area contributed by atoms with Crippen molar-refractivity contribution < 1.29 is 4.79 Å². The summed E-state index contributed by atoms with van der Waals surface area (Å²) in [6.07, 6.45) is 3.40. The largest absolute Gasteiger partial charge is 0.312 e. The third kappa shape index (κ3) is 3.81. The van der Waals surface area contributed by atoms with Crippen LogP contribution in [0.5, 0.6) is 0 Å². The number of hydrogen-bond donors (Lipinski definition) is 1. The molecule has 1 aliphatic heterocycles. The first-order valence-corrected chi connectivity index (χ1v) is 9.63. The van der Waals surface area contributed by atoms with E-state index >= 15 is 0 Å². The summed E-state index contributed by atoms with van der Waals surface area (Å²) >= 11 is 1.61. The Morgan fingerprint density at radius 3 is 2.73 bits per heavy atom. The summed E-state index contributed by atoms with van der Waals surface area (Å²) in [6.45, 7) is 2.32. The highest BCUT2D eigenvalue weighted by Gasteiger charge is 2.21. The Morgan fingerprint density at radius 2 is 2.00 bits per heavy atom. The zero-order chi connectivity index (χ0) is 17.8. The van der Waals surface area contributed by atoms with Gasteiger partial charge in [-0.15, -0.1) is 11.3 Å². The molecule has 3 heterocycles. The lowest BCUT2D eigenvalue weighted by Crippen LogP contribution is -2.23. The third-order valence-electron chi connectivity index (χ3n) is 4.39. The standard InChI is InChI=1S/C20H20N4OS/c25-19-5-3-11-24(19)17-8-6-15(7-9-17)12-21-13-16-14-26-20(23-16)18-4-1-2-10-22-18/h1-2,4,6-10,14,21H,3,5,11-13H2. The molecule has 1 amide bonds. The number of nitrogens with one attached hydrogen (secondary N) is 1. The van der Waals surface area contributed by atoms with Gasteiger partial charge in [-0.2, -0.15) is 0 Å². The highest BCUT2D eigenvalue weighted by atomic mass is 32.1. The third-order valence-corrected chi connectivity index (χ3v) is 5.31. The quantitative estimate of drug-likeness (QED) is 0.726. The van der Waals surface area contributed by atoms with Gasteiger partial charge in [-0.25, -0.2) is 4.98 Å². The van der Waals surface area contributed by atoms with Crippen LogP contribution < -0.4 is 10.2 Å². The molecule has 2 aromatic heterocycles. The molecule has 4 rings (SSSR count). The van der Waals surface area contributed by atoms with Crippen LogP contribution >= 0.6 is 11.3 Å². The van der Waals surface area contributed by atoms with Crippen LogP contribution in [0.1, 0.15) is 24.1 Å². The van der Waals surface area contributed by atoms with E-state index in [2.05, 4.69) is 32.8 Å². The van der Waals surface area contributed by atoms with Crippen molar-refractivity contribution in [2.24, 2.45) is 0 Å². The van der Waals surface area contributed by atoms with Crippen LogP contribution in [0, 0.1) is 0 Å². The van der Waals surface area contributed by atoms with E-state index in [9.17, 15) is 4.79 Å². The van der Waals surface area contributed by atoms with Gasteiger partial charge in [0.15, 0.2) is 0 Å². The van der Waals surface area contributed by atoms with Gasteiger partial charge in [0.25, 0.3) is 0 Å². The summed E-state index contributed by atoms with van der Waals surface area (Å²) in [7, 11) is 0. The zero-order valence-electron chi connectivity index (χ0n) is 14.4. The molecule has 0 saturated carbocycles. The van der Waals surface area contributed by atoms with Crippen molar-refractivity contribution >= 4 is 22.9 Å². The highest BCUT2D eigenvalue weighted by Crippen LogP contribution is 2.22. The molecule has 0 bridgehead atoms. The maximum atomic E-state index is 11.8. The molecule has 0 aliphatic carbocycles. The lowest BCUT2D eigenvalue weighted by molar-refractivity contribution is -0.117. The molecule has 3 aromatic rings. The van der Waals surface area contributed by atoms with Gasteiger partial charge >= 0.3 is 0 Å². The van der Waals surface area contributed by atoms with Crippen LogP contribution in [0.25, 0.3) is 10.7 Å². The second-order valence-corrected chi connectivity index (χ2v) is 7.14. The molecular formula is C20H20N4OS. The van der Waals surface area contributed by atoms with Gasteiger partial charge in [-0.05, 0) is 36.2 Å². The fourth-order valence-electron chi connectivity index (χ4n) is 3.04. The normalized spacial score (nSPS) is 14.2. The van der Waals surface area contributed by atoms with Gasteiger partial charge in [-0.1, -0.05) is 18.2 Å². The van der Waals surface area contributed by atoms with Crippen molar-refractivity contribution in [2.45, 2.75) is 25.9 Å². The van der Waals surface area contributed by atoms with E-state index in [4.69, 9.17) is 0 Å². The predicted molar refractivity (Wildman–Crippen MR) is 104 cm³/mol. The van der Waals surface area contributed by atoms with Crippen molar-refractivity contribution in [3.05, 3.63) is 65.3 Å². The first-order valence-electron chi connectivity index (χ1n) is 8.75. The van der Waals surface area contributed by atoms with Gasteiger partial charge in [0.05, 0.1) is 11.4 Å². The summed E-state index contributed by atoms with van der Waals surface area (Å²) in [4.78, 5) is 22.6. The van der Waals surface area contributed by atoms with E-state index in [0.717, 1.165) is 48.1 Å². The number of aromatic nitrogens is 2. The smallest absolute Gasteiger partial charge is 0.227 e. The zero-order valence-corrected chi connectivity index (χ0v) is 15.2. The number of anilines is 1. The van der Waals surface area contributed by atoms with E-state index in [1.165, 1.54) is 5.56 Å². The molecule has 26 heavy (non-hydrogen) atoms. The Balaban J connectivity index is 1.31. The molecule has 0 spiro atoms. The minimum atomic E-state index is 0.225. The SMILES string of the molecule is O=C1CCCN1c1ccc(CNCc2csc(-c3ccccn3)n2)cc1. The van der Waals surface area contributed by atoms with E-state index < -0.39 is 0 Å². The number of rotatable bonds is 6. The number of carbonyl (C=O) groups is 1. The van der Waals surface area contributed by atoms with E-state index in [0.29, 0.717) is 6.42 Å². The van der Waals surface area contributed by atoms with Crippen LogP contribution in [0.4, 0.5) is 5.69 Å². The second kappa shape index (κ2) is 7.76. The monoisotopic (exact) mass is 364 g/mol. The minimum Gasteiger partial charge on any atom is -0.312 e. The Kier molecular flexibility index (Phi) is 5.04. The molecule has 1 aromatic carbocycles. The van der Waals surface area contributed by atoms with E-state index in [1.54, 1.807) is 17.5 Å². The van der Waals surface area contributed by atoms with Crippen LogP contribution in [0.15, 0.2) is 54.0 Å². The Morgan fingerprint density at radius 1 is 1.12 bits per heavy atom. The minimum absolute atomic E-state index is 0.225. The molecule has 132 valence electrons. The first-order chi connectivity index (χ1) is 12.8. The van der Waals surface area contributed by atoms with Gasteiger partial charge in [0.1, 0.15) is 5.01 Å². The Bertz CT molecular complexity index is 876. The fraction of sp³-hybridized carbons (Fsp3) is 0.250. The second-order valence-electron chi connectivity index (χ2n) is 6.28. The highest BCUT2D eigenvalue weighted by molar-refractivity contribution is 7.13. The number of carbonyl (C=O) groups excluding carboxylic acids is 1. The van der Waals surface area contributed by atoms with E-state index in [-0.39, 0.29) is 5.91 Å². The van der Waals surface area contributed by atoms with Crippen molar-refractivity contribution in [1.29, 1.82) is 0 Å². The predicted octanol–water partition coefficient (Wildman–Crippen LogP) is 3.62. The molecule has 6 heteroatoms. The number of hydrogen-bond acceptors (Lipinski definition) is 5. The van der Waals surface area contributed by atoms with Crippen molar-refractivity contribution in [3.8, 4) is 10.7 Å². The molecule has 1 N–H and O–H groups in total. The van der Waals surface area contributed by atoms with Gasteiger partial charge in [0.2, 0.25) is 5.91 Å². The average Bonchev–Trinajstić information content (AvgIpc) is 3.32. The average molecular weight is 364 g/mol. The lowest BCUT2D eigenvalue weighted by Gasteiger charge is -2.16. The summed E-state index contributed by atoms with van der Waals surface area (Å²) in [5.41, 5.74) is 4.13. The van der Waals surface area contributed by atoms with Crippen LogP contribution in [-0.2, 0) is 17.9 Å². The van der Waals surface area contributed by atoms with Gasteiger partial charge in [-0.3, -0.25) is 9.78 Å². The molecule has 1 fully saturated rings. The first kappa shape index (κ1) is 16.9. The molecule has 5 nitrogen and oxygen atoms in total. The van der Waals surface area contributed by atoms with Gasteiger partial charge < -0.3 is 10.2 Å². The molecule has 0 atom stereocenters. The van der Waals surface area contributed by atoms with Gasteiger partial charge in [0, 0.05) is 43.3 Å². The molecule has 0 unspecified atom stereocenters. The Labute approximate surface area is 156 Å². The van der Waals surface area contributed by atoms with Crippen molar-refractivity contribution in [1.82, 2.24) is 15.3 Å². The maximum Gasteiger partial charge on any atom is 0.227 e. The molecule has 0 radical (unpaired) electrons. The number of pyridine rings is 1. The van der Waals surface area contributed by atoms with Crippen LogP contribution in [-0.4, -0.2) is 22.4 Å². The number of benzene rings is 1. The number of nitrogens with zero attached hydrogens (tertiary/aromatic N) is 3. The van der Waals surface area contributed by atoms with Crippen molar-refractivity contribution in [2.75, 3.05) is 11.4 Å². The summed E-state index contributed by atoms with van der Waals surface area (Å²) in [5.74, 6) is 0.225. The molecule has 1 saturated heterocycles. The molecule has 1 aliphatic rings. The van der Waals surface area contributed by atoms with Crippen LogP contribution in [0.3, 0.4) is 0 Å². The fourth-order valence-corrected chi connectivity index (χ4v) is 3.84. The Hall–Kier alpha value is -2.57. The number of thiazole rings is 1. The number of amides is 1. The van der Waals surface area contributed by atoms with Crippen molar-refractivity contribution in [3.63, 3.8) is 0 Å². The lowest BCUT2D eigenvalue weighted by atomic mass is 10.2. The summed E-state index contributed by atoms with van der Waals surface area (Å²) < 4.78 is 0.